The summed E-state index contributed by atoms with van der Waals surface area (Å²) in [5, 5.41) is 7.72. The quantitative estimate of drug-likeness (QED) is 0.671. The van der Waals surface area contributed by atoms with Crippen molar-refractivity contribution in [2.45, 2.75) is 24.7 Å². The molecule has 0 aromatic heterocycles. The number of amides is 1. The summed E-state index contributed by atoms with van der Waals surface area (Å²) in [4.78, 5) is 11.8. The van der Waals surface area contributed by atoms with E-state index in [2.05, 4.69) is 28.2 Å². The Bertz CT molecular complexity index is 590. The number of ether oxygens (including phenoxy) is 1. The lowest BCUT2D eigenvalue weighted by Crippen LogP contribution is -2.27. The van der Waals surface area contributed by atoms with Crippen molar-refractivity contribution in [1.82, 2.24) is 5.32 Å². The lowest BCUT2D eigenvalue weighted by atomic mass is 10.2. The number of halogens is 1. The fraction of sp³-hybridized carbons (Fsp3) is 0.462. The first-order chi connectivity index (χ1) is 9.84. The van der Waals surface area contributed by atoms with E-state index in [0.717, 1.165) is 12.8 Å². The summed E-state index contributed by atoms with van der Waals surface area (Å²) in [5.41, 5.74) is 0.224. The molecule has 0 radical (unpaired) electrons. The monoisotopic (exact) mass is 378 g/mol. The zero-order valence-corrected chi connectivity index (χ0v) is 14.2. The van der Waals surface area contributed by atoms with E-state index in [1.165, 1.54) is 18.2 Å². The molecule has 0 bridgehead atoms. The molecule has 1 aromatic rings. The lowest BCUT2D eigenvalue weighted by Gasteiger charge is -2.08. The van der Waals surface area contributed by atoms with Gasteiger partial charge in [0.05, 0.1) is 11.5 Å². The van der Waals surface area contributed by atoms with Gasteiger partial charge in [0.25, 0.3) is 5.91 Å². The highest BCUT2D eigenvalue weighted by atomic mass is 79.9. The maximum absolute atomic E-state index is 11.9. The van der Waals surface area contributed by atoms with Gasteiger partial charge in [-0.2, -0.15) is 0 Å². The van der Waals surface area contributed by atoms with E-state index in [-0.39, 0.29) is 16.4 Å². The molecule has 1 rings (SSSR count). The van der Waals surface area contributed by atoms with Crippen LogP contribution in [0.4, 0.5) is 0 Å². The predicted octanol–water partition coefficient (Wildman–Crippen LogP) is 1.64. The van der Waals surface area contributed by atoms with Gasteiger partial charge in [-0.1, -0.05) is 29.3 Å². The number of nitrogens with two attached hydrogens (primary N) is 1. The van der Waals surface area contributed by atoms with E-state index in [1.807, 2.05) is 0 Å². The van der Waals surface area contributed by atoms with Crippen molar-refractivity contribution in [2.75, 3.05) is 19.8 Å². The Morgan fingerprint density at radius 3 is 2.67 bits per heavy atom. The molecule has 0 aliphatic rings. The van der Waals surface area contributed by atoms with Crippen LogP contribution in [0.25, 0.3) is 0 Å². The molecule has 8 heteroatoms. The highest BCUT2D eigenvalue weighted by Gasteiger charge is 2.13. The Labute approximate surface area is 133 Å². The van der Waals surface area contributed by atoms with Gasteiger partial charge in [0.15, 0.2) is 0 Å². The van der Waals surface area contributed by atoms with Gasteiger partial charge in [0.1, 0.15) is 0 Å². The number of unbranched alkanes of at least 4 members (excludes halogenated alkanes) is 1. The first-order valence-electron chi connectivity index (χ1n) is 6.54. The highest BCUT2D eigenvalue weighted by molar-refractivity contribution is 9.10. The van der Waals surface area contributed by atoms with Crippen LogP contribution in [-0.4, -0.2) is 34.1 Å². The summed E-state index contributed by atoms with van der Waals surface area (Å²) >= 11 is 3.16. The third kappa shape index (κ3) is 6.56. The largest absolute Gasteiger partial charge is 0.380 e. The topological polar surface area (TPSA) is 98.5 Å². The summed E-state index contributed by atoms with van der Waals surface area (Å²) in [7, 11) is -3.85. The first-order valence-corrected chi connectivity index (χ1v) is 8.88. The molecule has 1 aromatic carbocycles. The normalized spacial score (nSPS) is 11.4. The molecule has 0 atom stereocenters. The molecular formula is C13H19BrN2O4S. The average Bonchev–Trinajstić information content (AvgIpc) is 2.40. The van der Waals surface area contributed by atoms with Crippen LogP contribution in [-0.2, 0) is 14.8 Å². The minimum Gasteiger partial charge on any atom is -0.380 e. The molecule has 1 amide bonds. The summed E-state index contributed by atoms with van der Waals surface area (Å²) in [5.74, 6) is -0.375. The number of nitrogens with one attached hydrogen (secondary N) is 1. The Balaban J connectivity index is 2.60. The van der Waals surface area contributed by atoms with Crippen molar-refractivity contribution in [1.29, 1.82) is 0 Å². The smallest absolute Gasteiger partial charge is 0.251 e. The molecule has 0 heterocycles. The van der Waals surface area contributed by atoms with E-state index in [4.69, 9.17) is 9.88 Å². The van der Waals surface area contributed by atoms with E-state index in [9.17, 15) is 13.2 Å². The third-order valence-corrected chi connectivity index (χ3v) is 3.99. The van der Waals surface area contributed by atoms with Crippen molar-refractivity contribution in [3.05, 3.63) is 28.2 Å². The van der Waals surface area contributed by atoms with Gasteiger partial charge in [-0.05, 0) is 24.6 Å². The minimum absolute atomic E-state index is 0.110. The van der Waals surface area contributed by atoms with Gasteiger partial charge in [-0.3, -0.25) is 4.79 Å². The molecule has 118 valence electrons. The second kappa shape index (κ2) is 8.47. The molecule has 0 unspecified atom stereocenters. The van der Waals surface area contributed by atoms with Gasteiger partial charge in [0.2, 0.25) is 10.0 Å². The third-order valence-electron chi connectivity index (χ3n) is 2.64. The number of rotatable bonds is 8. The Hall–Kier alpha value is -0.960. The second-order valence-corrected chi connectivity index (χ2v) is 6.92. The van der Waals surface area contributed by atoms with Crippen LogP contribution in [0.1, 0.15) is 30.1 Å². The SMILES string of the molecule is CCCCOCCNC(=O)c1cc(Br)cc(S(N)(=O)=O)c1. The first kappa shape index (κ1) is 18.1. The van der Waals surface area contributed by atoms with Crippen LogP contribution in [0, 0.1) is 0 Å². The van der Waals surface area contributed by atoms with Crippen LogP contribution in [0.2, 0.25) is 0 Å². The number of carbonyl (C=O) groups is 1. The van der Waals surface area contributed by atoms with E-state index < -0.39 is 10.0 Å². The summed E-state index contributed by atoms with van der Waals surface area (Å²) < 4.78 is 28.4. The number of primary sulfonamides is 1. The Kier molecular flexibility index (Phi) is 7.30. The maximum atomic E-state index is 11.9. The zero-order chi connectivity index (χ0) is 15.9. The molecule has 6 nitrogen and oxygen atoms in total. The Morgan fingerprint density at radius 2 is 2.05 bits per heavy atom. The van der Waals surface area contributed by atoms with Gasteiger partial charge in [0, 0.05) is 23.2 Å². The van der Waals surface area contributed by atoms with Crippen LogP contribution < -0.4 is 10.5 Å². The molecule has 0 aliphatic heterocycles. The Morgan fingerprint density at radius 1 is 1.33 bits per heavy atom. The number of benzene rings is 1. The predicted molar refractivity (Wildman–Crippen MR) is 83.6 cm³/mol. The van der Waals surface area contributed by atoms with Crippen LogP contribution in [0.3, 0.4) is 0 Å². The number of hydrogen-bond donors (Lipinski definition) is 2. The van der Waals surface area contributed by atoms with Gasteiger partial charge in [-0.25, -0.2) is 13.6 Å². The highest BCUT2D eigenvalue weighted by Crippen LogP contribution is 2.18. The average molecular weight is 379 g/mol. The summed E-state index contributed by atoms with van der Waals surface area (Å²) in [6.07, 6.45) is 2.04. The standard InChI is InChI=1S/C13H19BrN2O4S/c1-2-3-5-20-6-4-16-13(17)10-7-11(14)9-12(8-10)21(15,18)19/h7-9H,2-6H2,1H3,(H,16,17)(H2,15,18,19). The zero-order valence-electron chi connectivity index (χ0n) is 11.8. The lowest BCUT2D eigenvalue weighted by molar-refractivity contribution is 0.0912. The number of sulfonamides is 1. The number of carbonyl (C=O) groups excluding carboxylic acids is 1. The summed E-state index contributed by atoms with van der Waals surface area (Å²) in [6.45, 7) is 3.52. The van der Waals surface area contributed by atoms with Crippen LogP contribution >= 0.6 is 15.9 Å². The van der Waals surface area contributed by atoms with E-state index >= 15 is 0 Å². The second-order valence-electron chi connectivity index (χ2n) is 4.44. The fourth-order valence-electron chi connectivity index (χ4n) is 1.55. The van der Waals surface area contributed by atoms with Gasteiger partial charge < -0.3 is 10.1 Å². The van der Waals surface area contributed by atoms with Crippen molar-refractivity contribution in [3.8, 4) is 0 Å². The van der Waals surface area contributed by atoms with E-state index in [1.54, 1.807) is 0 Å². The molecule has 0 spiro atoms. The minimum atomic E-state index is -3.85. The maximum Gasteiger partial charge on any atom is 0.251 e. The van der Waals surface area contributed by atoms with Crippen LogP contribution in [0.15, 0.2) is 27.6 Å². The molecule has 21 heavy (non-hydrogen) atoms. The molecule has 3 N–H and O–H groups in total. The van der Waals surface area contributed by atoms with Gasteiger partial charge >= 0.3 is 0 Å². The molecule has 0 saturated heterocycles. The molecule has 0 fully saturated rings. The molecule has 0 aliphatic carbocycles. The fourth-order valence-corrected chi connectivity index (χ4v) is 2.77. The van der Waals surface area contributed by atoms with Crippen molar-refractivity contribution in [2.24, 2.45) is 5.14 Å². The van der Waals surface area contributed by atoms with Crippen molar-refractivity contribution >= 4 is 31.9 Å². The molecule has 0 saturated carbocycles. The van der Waals surface area contributed by atoms with Gasteiger partial charge in [-0.15, -0.1) is 0 Å². The van der Waals surface area contributed by atoms with Crippen LogP contribution in [0.5, 0.6) is 0 Å². The van der Waals surface area contributed by atoms with Crippen molar-refractivity contribution < 1.29 is 17.9 Å². The summed E-state index contributed by atoms with van der Waals surface area (Å²) in [6, 6.07) is 4.12. The van der Waals surface area contributed by atoms with Crippen molar-refractivity contribution in [3.63, 3.8) is 0 Å². The number of hydrogen-bond acceptors (Lipinski definition) is 4. The molecular weight excluding hydrogens is 360 g/mol. The van der Waals surface area contributed by atoms with E-state index in [0.29, 0.717) is 24.2 Å².